The zero-order valence-electron chi connectivity index (χ0n) is 22.6. The number of aliphatic hydroxyl groups excluding tert-OH is 1. The number of hydrogen-bond acceptors (Lipinski definition) is 7. The number of carbonyl (C=O) groups excluding carboxylic acids is 2. The van der Waals surface area contributed by atoms with Gasteiger partial charge in [0.1, 0.15) is 28.7 Å². The van der Waals surface area contributed by atoms with Gasteiger partial charge in [0.05, 0.1) is 28.7 Å². The van der Waals surface area contributed by atoms with Crippen LogP contribution in [0, 0.1) is 0 Å². The molecule has 0 saturated heterocycles. The van der Waals surface area contributed by atoms with Crippen LogP contribution in [0.1, 0.15) is 32.0 Å². The van der Waals surface area contributed by atoms with Crippen molar-refractivity contribution >= 4 is 52.6 Å². The highest BCUT2D eigenvalue weighted by Gasteiger charge is 2.22. The summed E-state index contributed by atoms with van der Waals surface area (Å²) < 4.78 is 7.34. The van der Waals surface area contributed by atoms with Gasteiger partial charge in [0.2, 0.25) is 5.88 Å². The normalized spacial score (nSPS) is 11.1. The number of rotatable bonds is 7. The molecule has 4 aromatic rings. The molecule has 12 nitrogen and oxygen atoms in total. The Hall–Kier alpha value is -4.39. The maximum absolute atomic E-state index is 13.0. The molecule has 0 aliphatic carbocycles. The van der Waals surface area contributed by atoms with Crippen molar-refractivity contribution in [1.82, 2.24) is 25.1 Å². The maximum atomic E-state index is 13.0. The number of benzene rings is 2. The number of aromatic nitrogens is 4. The van der Waals surface area contributed by atoms with Crippen LogP contribution in [0.15, 0.2) is 54.9 Å². The van der Waals surface area contributed by atoms with Crippen molar-refractivity contribution in [1.29, 1.82) is 0 Å². The summed E-state index contributed by atoms with van der Waals surface area (Å²) in [6.45, 7) is 5.97. The van der Waals surface area contributed by atoms with Crippen LogP contribution in [0.4, 0.5) is 26.9 Å². The van der Waals surface area contributed by atoms with Crippen LogP contribution < -0.4 is 26.0 Å². The number of nitrogens with one attached hydrogen (secondary N) is 4. The molecule has 4 rings (SSSR count). The van der Waals surface area contributed by atoms with Crippen LogP contribution in [-0.2, 0) is 12.0 Å². The summed E-state index contributed by atoms with van der Waals surface area (Å²) in [5, 5.41) is 24.6. The quantitative estimate of drug-likeness (QED) is 0.176. The van der Waals surface area contributed by atoms with Gasteiger partial charge < -0.3 is 20.5 Å². The third-order valence-electron chi connectivity index (χ3n) is 5.70. The monoisotopic (exact) mass is 598 g/mol. The van der Waals surface area contributed by atoms with E-state index in [1.54, 1.807) is 35.0 Å². The molecule has 41 heavy (non-hydrogen) atoms. The van der Waals surface area contributed by atoms with E-state index in [-0.39, 0.29) is 45.2 Å². The van der Waals surface area contributed by atoms with Crippen molar-refractivity contribution in [2.24, 2.45) is 0 Å². The summed E-state index contributed by atoms with van der Waals surface area (Å²) in [5.41, 5.74) is 2.18. The van der Waals surface area contributed by atoms with Crippen molar-refractivity contribution in [2.75, 3.05) is 23.0 Å². The van der Waals surface area contributed by atoms with E-state index in [0.717, 1.165) is 11.3 Å². The summed E-state index contributed by atoms with van der Waals surface area (Å²) in [5.74, 6) is 0.921. The fourth-order valence-electron chi connectivity index (χ4n) is 3.51. The van der Waals surface area contributed by atoms with Gasteiger partial charge in [0.25, 0.3) is 0 Å². The molecule has 2 aromatic heterocycles. The van der Waals surface area contributed by atoms with E-state index in [2.05, 4.69) is 36.3 Å². The van der Waals surface area contributed by atoms with Crippen molar-refractivity contribution in [2.45, 2.75) is 32.8 Å². The zero-order chi connectivity index (χ0) is 29.7. The molecule has 2 heterocycles. The Bertz CT molecular complexity index is 1570. The first-order valence-electron chi connectivity index (χ1n) is 12.3. The summed E-state index contributed by atoms with van der Waals surface area (Å²) in [4.78, 5) is 32.5. The number of urea groups is 2. The minimum atomic E-state index is -0.578. The number of anilines is 3. The van der Waals surface area contributed by atoms with Crippen LogP contribution in [0.3, 0.4) is 0 Å². The molecule has 0 unspecified atom stereocenters. The first-order chi connectivity index (χ1) is 19.5. The number of aliphatic hydroxyl groups is 1. The lowest BCUT2D eigenvalue weighted by atomic mass is 9.92. The van der Waals surface area contributed by atoms with E-state index >= 15 is 0 Å². The van der Waals surface area contributed by atoms with Crippen LogP contribution in [0.2, 0.25) is 10.0 Å². The minimum Gasteiger partial charge on any atom is -0.437 e. The third-order valence-corrected chi connectivity index (χ3v) is 6.57. The van der Waals surface area contributed by atoms with Crippen molar-refractivity contribution in [3.8, 4) is 17.3 Å². The Morgan fingerprint density at radius 2 is 1.68 bits per heavy atom. The molecule has 0 spiro atoms. The van der Waals surface area contributed by atoms with Crippen molar-refractivity contribution in [3.63, 3.8) is 0 Å². The Kier molecular flexibility index (Phi) is 8.96. The van der Waals surface area contributed by atoms with Crippen LogP contribution in [0.25, 0.3) is 5.69 Å². The van der Waals surface area contributed by atoms with Crippen LogP contribution in [0.5, 0.6) is 11.6 Å². The van der Waals surface area contributed by atoms with Gasteiger partial charge in [-0.3, -0.25) is 10.6 Å². The van der Waals surface area contributed by atoms with Gasteiger partial charge in [-0.1, -0.05) is 56.1 Å². The number of halogens is 2. The largest absolute Gasteiger partial charge is 0.437 e. The first kappa shape index (κ1) is 29.6. The van der Waals surface area contributed by atoms with Gasteiger partial charge in [-0.25, -0.2) is 24.2 Å². The second-order valence-corrected chi connectivity index (χ2v) is 10.5. The van der Waals surface area contributed by atoms with E-state index in [1.165, 1.54) is 31.6 Å². The number of nitrogens with zero attached hydrogens (tertiary/aromatic N) is 4. The predicted octanol–water partition coefficient (Wildman–Crippen LogP) is 5.95. The van der Waals surface area contributed by atoms with Gasteiger partial charge in [-0.05, 0) is 29.8 Å². The molecule has 0 atom stereocenters. The number of carbonyl (C=O) groups is 2. The highest BCUT2D eigenvalue weighted by atomic mass is 35.5. The number of amides is 4. The number of hydrogen-bond donors (Lipinski definition) is 5. The van der Waals surface area contributed by atoms with Crippen molar-refractivity contribution < 1.29 is 19.4 Å². The maximum Gasteiger partial charge on any atom is 0.324 e. The fraction of sp³-hybridized carbons (Fsp3) is 0.222. The molecule has 2 aromatic carbocycles. The summed E-state index contributed by atoms with van der Waals surface area (Å²) in [6.07, 6.45) is 1.22. The molecule has 0 bridgehead atoms. The van der Waals surface area contributed by atoms with Crippen LogP contribution >= 0.6 is 23.2 Å². The van der Waals surface area contributed by atoms with Gasteiger partial charge in [-0.2, -0.15) is 5.10 Å². The molecule has 214 valence electrons. The van der Waals surface area contributed by atoms with Gasteiger partial charge >= 0.3 is 12.1 Å². The van der Waals surface area contributed by atoms with Gasteiger partial charge in [0.15, 0.2) is 0 Å². The summed E-state index contributed by atoms with van der Waals surface area (Å²) >= 11 is 12.9. The van der Waals surface area contributed by atoms with Gasteiger partial charge in [0, 0.05) is 24.6 Å². The highest BCUT2D eigenvalue weighted by molar-refractivity contribution is 6.45. The highest BCUT2D eigenvalue weighted by Crippen LogP contribution is 2.39. The molecule has 14 heteroatoms. The fourth-order valence-corrected chi connectivity index (χ4v) is 3.91. The van der Waals surface area contributed by atoms with E-state index in [9.17, 15) is 14.7 Å². The average molecular weight is 599 g/mol. The lowest BCUT2D eigenvalue weighted by Crippen LogP contribution is -2.24. The number of ether oxygens (including phenoxy) is 1. The molecule has 0 aliphatic heterocycles. The Morgan fingerprint density at radius 3 is 2.34 bits per heavy atom. The Morgan fingerprint density at radius 1 is 0.951 bits per heavy atom. The molecule has 0 saturated carbocycles. The molecule has 5 N–H and O–H groups in total. The smallest absolute Gasteiger partial charge is 0.324 e. The van der Waals surface area contributed by atoms with Crippen molar-refractivity contribution in [3.05, 3.63) is 76.2 Å². The average Bonchev–Trinajstić information content (AvgIpc) is 3.37. The van der Waals surface area contributed by atoms with E-state index in [0.29, 0.717) is 11.5 Å². The second-order valence-electron chi connectivity index (χ2n) is 9.77. The van der Waals surface area contributed by atoms with Gasteiger partial charge in [-0.15, -0.1) is 0 Å². The van der Waals surface area contributed by atoms with E-state index in [1.807, 2.05) is 20.8 Å². The lowest BCUT2D eigenvalue weighted by Gasteiger charge is -2.14. The second kappa shape index (κ2) is 12.4. The van der Waals surface area contributed by atoms with E-state index < -0.39 is 12.1 Å². The lowest BCUT2D eigenvalue weighted by molar-refractivity contribution is 0.253. The molecular formula is C27H28Cl2N8O4. The molecule has 0 radical (unpaired) electrons. The van der Waals surface area contributed by atoms with E-state index in [4.69, 9.17) is 27.9 Å². The zero-order valence-corrected chi connectivity index (χ0v) is 24.1. The molecule has 4 amide bonds. The summed E-state index contributed by atoms with van der Waals surface area (Å²) in [6, 6.07) is 12.4. The first-order valence-corrected chi connectivity index (χ1v) is 13.1. The minimum absolute atomic E-state index is 0.0351. The molecule has 0 fully saturated rings. The third kappa shape index (κ3) is 7.23. The molecule has 0 aliphatic rings. The topological polar surface area (TPSA) is 155 Å². The summed E-state index contributed by atoms with van der Waals surface area (Å²) in [7, 11) is 1.47. The standard InChI is InChI=1S/C27H28Cl2N8O4/c1-27(2,3)19-11-21(37(36-19)16-7-5-15(13-38)6-8-16)35-26(40)33-17-9-10-18(24(29)23(17)28)41-22-12-20(31-14-32-22)34-25(39)30-4/h5-12,14,38H,13H2,1-4H3,(H2,33,35,40)(H2,30,31,32,34,39). The Balaban J connectivity index is 1.52. The SMILES string of the molecule is CNC(=O)Nc1cc(Oc2ccc(NC(=O)Nc3cc(C(C)(C)C)nn3-c3ccc(CO)cc3)c(Cl)c2Cl)ncn1. The Labute approximate surface area is 246 Å². The predicted molar refractivity (Wildman–Crippen MR) is 157 cm³/mol. The van der Waals surface area contributed by atoms with Crippen LogP contribution in [-0.4, -0.2) is 44.0 Å². The molecular weight excluding hydrogens is 571 g/mol.